The standard InChI is InChI=1S/C18H21FN2S/c1-13(2)16-9-4-5-10-17(16)20-18(22)21(3)12-14-7-6-8-15(19)11-14/h4-11,13H,12H2,1-3H3,(H,20,22). The predicted molar refractivity (Wildman–Crippen MR) is 94.6 cm³/mol. The van der Waals surface area contributed by atoms with Gasteiger partial charge in [0, 0.05) is 19.3 Å². The Morgan fingerprint density at radius 2 is 1.91 bits per heavy atom. The lowest BCUT2D eigenvalue weighted by atomic mass is 10.0. The van der Waals surface area contributed by atoms with E-state index in [4.69, 9.17) is 12.2 Å². The smallest absolute Gasteiger partial charge is 0.173 e. The molecule has 0 saturated carbocycles. The second kappa shape index (κ2) is 7.36. The lowest BCUT2D eigenvalue weighted by Crippen LogP contribution is -2.31. The number of hydrogen-bond donors (Lipinski definition) is 1. The summed E-state index contributed by atoms with van der Waals surface area (Å²) in [5, 5.41) is 3.91. The summed E-state index contributed by atoms with van der Waals surface area (Å²) in [7, 11) is 1.90. The molecular formula is C18H21FN2S. The molecule has 2 nitrogen and oxygen atoms in total. The van der Waals surface area contributed by atoms with Crippen molar-refractivity contribution in [3.8, 4) is 0 Å². The van der Waals surface area contributed by atoms with Crippen LogP contribution in [0.4, 0.5) is 10.1 Å². The van der Waals surface area contributed by atoms with Crippen LogP contribution in [0.1, 0.15) is 30.9 Å². The summed E-state index contributed by atoms with van der Waals surface area (Å²) in [5.74, 6) is 0.190. The molecule has 0 heterocycles. The van der Waals surface area contributed by atoms with Crippen molar-refractivity contribution < 1.29 is 4.39 Å². The van der Waals surface area contributed by atoms with Crippen molar-refractivity contribution in [3.63, 3.8) is 0 Å². The van der Waals surface area contributed by atoms with Gasteiger partial charge in [0.05, 0.1) is 0 Å². The van der Waals surface area contributed by atoms with Gasteiger partial charge in [0.15, 0.2) is 5.11 Å². The maximum Gasteiger partial charge on any atom is 0.173 e. The Hall–Kier alpha value is -1.94. The van der Waals surface area contributed by atoms with Crippen LogP contribution >= 0.6 is 12.2 Å². The summed E-state index contributed by atoms with van der Waals surface area (Å²) < 4.78 is 13.2. The molecule has 0 unspecified atom stereocenters. The zero-order chi connectivity index (χ0) is 16.1. The summed E-state index contributed by atoms with van der Waals surface area (Å²) in [6.45, 7) is 4.87. The van der Waals surface area contributed by atoms with Crippen molar-refractivity contribution in [1.29, 1.82) is 0 Å². The molecule has 0 atom stereocenters. The van der Waals surface area contributed by atoms with Gasteiger partial charge in [-0.3, -0.25) is 0 Å². The Morgan fingerprint density at radius 1 is 1.18 bits per heavy atom. The van der Waals surface area contributed by atoms with Crippen LogP contribution in [-0.2, 0) is 6.54 Å². The number of anilines is 1. The molecule has 4 heteroatoms. The number of rotatable bonds is 4. The van der Waals surface area contributed by atoms with E-state index in [1.807, 2.05) is 36.2 Å². The molecule has 2 aromatic rings. The molecule has 0 spiro atoms. The highest BCUT2D eigenvalue weighted by Gasteiger charge is 2.10. The third-order valence-corrected chi connectivity index (χ3v) is 3.89. The van der Waals surface area contributed by atoms with Gasteiger partial charge in [-0.2, -0.15) is 0 Å². The van der Waals surface area contributed by atoms with Crippen LogP contribution in [0.3, 0.4) is 0 Å². The third kappa shape index (κ3) is 4.28. The van der Waals surface area contributed by atoms with E-state index in [0.717, 1.165) is 11.3 Å². The van der Waals surface area contributed by atoms with Gasteiger partial charge in [0.2, 0.25) is 0 Å². The zero-order valence-electron chi connectivity index (χ0n) is 13.1. The quantitative estimate of drug-likeness (QED) is 0.817. The molecule has 1 N–H and O–H groups in total. The van der Waals surface area contributed by atoms with Crippen molar-refractivity contribution in [2.45, 2.75) is 26.3 Å². The molecule has 0 aliphatic rings. The fourth-order valence-electron chi connectivity index (χ4n) is 2.31. The van der Waals surface area contributed by atoms with Crippen molar-refractivity contribution in [3.05, 3.63) is 65.5 Å². The molecule has 0 radical (unpaired) electrons. The van der Waals surface area contributed by atoms with Gasteiger partial charge in [-0.15, -0.1) is 0 Å². The third-order valence-electron chi connectivity index (χ3n) is 3.48. The van der Waals surface area contributed by atoms with Gasteiger partial charge in [0.25, 0.3) is 0 Å². The van der Waals surface area contributed by atoms with E-state index in [9.17, 15) is 4.39 Å². The largest absolute Gasteiger partial charge is 0.348 e. The van der Waals surface area contributed by atoms with Gasteiger partial charge in [-0.05, 0) is 47.5 Å². The molecule has 2 aromatic carbocycles. The zero-order valence-corrected chi connectivity index (χ0v) is 14.0. The average molecular weight is 316 g/mol. The Bertz CT molecular complexity index is 655. The normalized spacial score (nSPS) is 10.6. The van der Waals surface area contributed by atoms with E-state index in [0.29, 0.717) is 17.6 Å². The number of hydrogen-bond acceptors (Lipinski definition) is 1. The van der Waals surface area contributed by atoms with Crippen molar-refractivity contribution >= 4 is 23.0 Å². The number of benzene rings is 2. The van der Waals surface area contributed by atoms with E-state index in [1.165, 1.54) is 17.7 Å². The Labute approximate surface area is 137 Å². The van der Waals surface area contributed by atoms with E-state index < -0.39 is 0 Å². The molecular weight excluding hydrogens is 295 g/mol. The van der Waals surface area contributed by atoms with E-state index in [-0.39, 0.29) is 5.82 Å². The van der Waals surface area contributed by atoms with Crippen LogP contribution < -0.4 is 5.32 Å². The predicted octanol–water partition coefficient (Wildman–Crippen LogP) is 4.78. The Morgan fingerprint density at radius 3 is 2.59 bits per heavy atom. The number of halogens is 1. The lowest BCUT2D eigenvalue weighted by Gasteiger charge is -2.23. The minimum atomic E-state index is -0.227. The Balaban J connectivity index is 2.06. The van der Waals surface area contributed by atoms with Crippen molar-refractivity contribution in [2.75, 3.05) is 12.4 Å². The van der Waals surface area contributed by atoms with Crippen LogP contribution in [0.2, 0.25) is 0 Å². The van der Waals surface area contributed by atoms with E-state index >= 15 is 0 Å². The Kier molecular flexibility index (Phi) is 5.50. The molecule has 0 aromatic heterocycles. The molecule has 0 bridgehead atoms. The summed E-state index contributed by atoms with van der Waals surface area (Å²) in [4.78, 5) is 1.90. The van der Waals surface area contributed by atoms with Crippen LogP contribution in [-0.4, -0.2) is 17.1 Å². The van der Waals surface area contributed by atoms with E-state index in [2.05, 4.69) is 25.2 Å². The molecule has 0 aliphatic carbocycles. The molecule has 0 saturated heterocycles. The summed E-state index contributed by atoms with van der Waals surface area (Å²) in [6.07, 6.45) is 0. The number of para-hydroxylation sites is 1. The van der Waals surface area contributed by atoms with Crippen molar-refractivity contribution in [1.82, 2.24) is 4.90 Å². The van der Waals surface area contributed by atoms with Gasteiger partial charge in [0.1, 0.15) is 5.82 Å². The highest BCUT2D eigenvalue weighted by atomic mass is 32.1. The minimum absolute atomic E-state index is 0.227. The first-order valence-electron chi connectivity index (χ1n) is 7.33. The molecule has 22 heavy (non-hydrogen) atoms. The summed E-state index contributed by atoms with van der Waals surface area (Å²) in [6, 6.07) is 14.7. The van der Waals surface area contributed by atoms with Crippen LogP contribution in [0.15, 0.2) is 48.5 Å². The molecule has 0 amide bonds. The first-order valence-corrected chi connectivity index (χ1v) is 7.73. The topological polar surface area (TPSA) is 15.3 Å². The molecule has 116 valence electrons. The average Bonchev–Trinajstić information content (AvgIpc) is 2.47. The monoisotopic (exact) mass is 316 g/mol. The van der Waals surface area contributed by atoms with Crippen LogP contribution in [0.5, 0.6) is 0 Å². The van der Waals surface area contributed by atoms with E-state index in [1.54, 1.807) is 6.07 Å². The van der Waals surface area contributed by atoms with Gasteiger partial charge < -0.3 is 10.2 Å². The maximum absolute atomic E-state index is 13.2. The molecule has 2 rings (SSSR count). The second-order valence-corrected chi connectivity index (χ2v) is 6.04. The summed E-state index contributed by atoms with van der Waals surface area (Å²) >= 11 is 5.46. The van der Waals surface area contributed by atoms with Crippen LogP contribution in [0, 0.1) is 5.82 Å². The fraction of sp³-hybridized carbons (Fsp3) is 0.278. The van der Waals surface area contributed by atoms with Gasteiger partial charge in [-0.1, -0.05) is 44.2 Å². The first-order chi connectivity index (χ1) is 10.5. The second-order valence-electron chi connectivity index (χ2n) is 5.66. The first kappa shape index (κ1) is 16.4. The number of nitrogens with zero attached hydrogens (tertiary/aromatic N) is 1. The van der Waals surface area contributed by atoms with Gasteiger partial charge in [-0.25, -0.2) is 4.39 Å². The number of thiocarbonyl (C=S) groups is 1. The maximum atomic E-state index is 13.2. The van der Waals surface area contributed by atoms with Gasteiger partial charge >= 0.3 is 0 Å². The minimum Gasteiger partial charge on any atom is -0.348 e. The van der Waals surface area contributed by atoms with Crippen molar-refractivity contribution in [2.24, 2.45) is 0 Å². The lowest BCUT2D eigenvalue weighted by molar-refractivity contribution is 0.505. The highest BCUT2D eigenvalue weighted by Crippen LogP contribution is 2.24. The molecule has 0 aliphatic heterocycles. The molecule has 0 fully saturated rings. The van der Waals surface area contributed by atoms with Crippen LogP contribution in [0.25, 0.3) is 0 Å². The SMILES string of the molecule is CC(C)c1ccccc1NC(=S)N(C)Cc1cccc(F)c1. The fourth-order valence-corrected chi connectivity index (χ4v) is 2.48. The highest BCUT2D eigenvalue weighted by molar-refractivity contribution is 7.80. The summed E-state index contributed by atoms with van der Waals surface area (Å²) in [5.41, 5.74) is 3.14. The number of nitrogens with one attached hydrogen (secondary N) is 1.